The predicted molar refractivity (Wildman–Crippen MR) is 55.0 cm³/mol. The van der Waals surface area contributed by atoms with Gasteiger partial charge in [-0.25, -0.2) is 4.39 Å². The van der Waals surface area contributed by atoms with Crippen LogP contribution in [0.5, 0.6) is 0 Å². The van der Waals surface area contributed by atoms with Crippen molar-refractivity contribution in [2.24, 2.45) is 0 Å². The summed E-state index contributed by atoms with van der Waals surface area (Å²) < 4.78 is 50.7. The average Bonchev–Trinajstić information content (AvgIpc) is 2.28. The highest BCUT2D eigenvalue weighted by Crippen LogP contribution is 2.31. The number of nitrogens with one attached hydrogen (secondary N) is 2. The van der Waals surface area contributed by atoms with Gasteiger partial charge in [0.25, 0.3) is 0 Å². The third-order valence-corrected chi connectivity index (χ3v) is 2.69. The van der Waals surface area contributed by atoms with Crippen LogP contribution in [0.1, 0.15) is 17.2 Å². The number of halogens is 4. The Morgan fingerprint density at radius 1 is 1.12 bits per heavy atom. The van der Waals surface area contributed by atoms with Crippen molar-refractivity contribution in [3.05, 3.63) is 35.1 Å². The molecular weight excluding hydrogens is 236 g/mol. The first-order chi connectivity index (χ1) is 7.97. The maximum atomic E-state index is 13.2. The third kappa shape index (κ3) is 2.95. The van der Waals surface area contributed by atoms with Gasteiger partial charge in [-0.2, -0.15) is 13.2 Å². The van der Waals surface area contributed by atoms with Crippen molar-refractivity contribution in [3.8, 4) is 0 Å². The monoisotopic (exact) mass is 248 g/mol. The number of hydrogen-bond acceptors (Lipinski definition) is 2. The Hall–Kier alpha value is -1.14. The van der Waals surface area contributed by atoms with Crippen molar-refractivity contribution in [3.63, 3.8) is 0 Å². The van der Waals surface area contributed by atoms with Gasteiger partial charge in [-0.3, -0.25) is 0 Å². The van der Waals surface area contributed by atoms with E-state index in [1.165, 1.54) is 0 Å². The summed E-state index contributed by atoms with van der Waals surface area (Å²) in [6.45, 7) is 1.92. The molecule has 0 aliphatic carbocycles. The first-order valence-corrected chi connectivity index (χ1v) is 5.28. The second-order valence-electron chi connectivity index (χ2n) is 3.98. The van der Waals surface area contributed by atoms with Crippen LogP contribution in [0, 0.1) is 5.82 Å². The molecule has 1 heterocycles. The maximum Gasteiger partial charge on any atom is 0.416 e. The summed E-state index contributed by atoms with van der Waals surface area (Å²) in [5, 5.41) is 6.09. The standard InChI is InChI=1S/C11H12F4N2/c12-9-4-7(10-6-16-1-2-17-10)3-8(5-9)11(13,14)15/h3-5,10,16-17H,1-2,6H2/t10-/m1/s1. The molecule has 1 aromatic carbocycles. The van der Waals surface area contributed by atoms with Crippen LogP contribution in [0.15, 0.2) is 18.2 Å². The van der Waals surface area contributed by atoms with Crippen LogP contribution < -0.4 is 10.6 Å². The summed E-state index contributed by atoms with van der Waals surface area (Å²) in [5.41, 5.74) is -0.621. The van der Waals surface area contributed by atoms with Crippen LogP contribution in [0.4, 0.5) is 17.6 Å². The van der Waals surface area contributed by atoms with Crippen LogP contribution in [-0.2, 0) is 6.18 Å². The maximum absolute atomic E-state index is 13.2. The Labute approximate surface area is 96.0 Å². The predicted octanol–water partition coefficient (Wildman–Crippen LogP) is 2.08. The lowest BCUT2D eigenvalue weighted by Gasteiger charge is -2.25. The molecular formula is C11H12F4N2. The van der Waals surface area contributed by atoms with E-state index in [1.807, 2.05) is 0 Å². The molecule has 1 atom stereocenters. The SMILES string of the molecule is Fc1cc([C@H]2CNCCN2)cc(C(F)(F)F)c1. The molecule has 2 N–H and O–H groups in total. The quantitative estimate of drug-likeness (QED) is 0.743. The van der Waals surface area contributed by atoms with Crippen molar-refractivity contribution in [1.82, 2.24) is 10.6 Å². The van der Waals surface area contributed by atoms with Crippen LogP contribution in [0.2, 0.25) is 0 Å². The molecule has 6 heteroatoms. The minimum Gasteiger partial charge on any atom is -0.314 e. The van der Waals surface area contributed by atoms with Gasteiger partial charge in [0.15, 0.2) is 0 Å². The van der Waals surface area contributed by atoms with E-state index in [1.54, 1.807) is 0 Å². The van der Waals surface area contributed by atoms with E-state index >= 15 is 0 Å². The number of benzene rings is 1. The molecule has 2 nitrogen and oxygen atoms in total. The number of rotatable bonds is 1. The van der Waals surface area contributed by atoms with Gasteiger partial charge in [-0.15, -0.1) is 0 Å². The number of alkyl halides is 3. The average molecular weight is 248 g/mol. The molecule has 0 amide bonds. The third-order valence-electron chi connectivity index (χ3n) is 2.69. The molecule has 1 saturated heterocycles. The fourth-order valence-electron chi connectivity index (χ4n) is 1.87. The van der Waals surface area contributed by atoms with Crippen molar-refractivity contribution >= 4 is 0 Å². The molecule has 1 aliphatic heterocycles. The van der Waals surface area contributed by atoms with Gasteiger partial charge < -0.3 is 10.6 Å². The lowest BCUT2D eigenvalue weighted by atomic mass is 10.0. The fourth-order valence-corrected chi connectivity index (χ4v) is 1.87. The zero-order valence-electron chi connectivity index (χ0n) is 8.94. The van der Waals surface area contributed by atoms with Crippen LogP contribution in [-0.4, -0.2) is 19.6 Å². The van der Waals surface area contributed by atoms with Gasteiger partial charge in [0.2, 0.25) is 0 Å². The zero-order valence-corrected chi connectivity index (χ0v) is 8.94. The minimum atomic E-state index is -4.51. The highest BCUT2D eigenvalue weighted by atomic mass is 19.4. The Morgan fingerprint density at radius 3 is 2.47 bits per heavy atom. The van der Waals surface area contributed by atoms with Crippen LogP contribution in [0.3, 0.4) is 0 Å². The van der Waals surface area contributed by atoms with E-state index in [-0.39, 0.29) is 6.04 Å². The van der Waals surface area contributed by atoms with Crippen molar-refractivity contribution in [1.29, 1.82) is 0 Å². The molecule has 0 radical (unpaired) electrons. The van der Waals surface area contributed by atoms with Crippen molar-refractivity contribution < 1.29 is 17.6 Å². The molecule has 17 heavy (non-hydrogen) atoms. The molecule has 2 rings (SSSR count). The lowest BCUT2D eigenvalue weighted by Crippen LogP contribution is -2.42. The second-order valence-corrected chi connectivity index (χ2v) is 3.98. The molecule has 0 spiro atoms. The van der Waals surface area contributed by atoms with Gasteiger partial charge in [0, 0.05) is 25.7 Å². The van der Waals surface area contributed by atoms with E-state index in [9.17, 15) is 17.6 Å². The first-order valence-electron chi connectivity index (χ1n) is 5.28. The summed E-state index contributed by atoms with van der Waals surface area (Å²) in [6, 6.07) is 2.37. The largest absolute Gasteiger partial charge is 0.416 e. The first kappa shape index (κ1) is 12.3. The minimum absolute atomic E-state index is 0.277. The highest BCUT2D eigenvalue weighted by molar-refractivity contribution is 5.29. The Kier molecular flexibility index (Phi) is 3.35. The molecule has 1 aromatic rings. The van der Waals surface area contributed by atoms with Gasteiger partial charge in [-0.05, 0) is 23.8 Å². The van der Waals surface area contributed by atoms with Crippen molar-refractivity contribution in [2.75, 3.05) is 19.6 Å². The van der Waals surface area contributed by atoms with Crippen LogP contribution >= 0.6 is 0 Å². The summed E-state index contributed by atoms with van der Waals surface area (Å²) in [6.07, 6.45) is -4.51. The molecule has 0 saturated carbocycles. The normalized spacial score (nSPS) is 21.5. The van der Waals surface area contributed by atoms with Crippen LogP contribution in [0.25, 0.3) is 0 Å². The smallest absolute Gasteiger partial charge is 0.314 e. The molecule has 0 bridgehead atoms. The van der Waals surface area contributed by atoms with E-state index in [0.717, 1.165) is 18.7 Å². The van der Waals surface area contributed by atoms with E-state index < -0.39 is 17.6 Å². The Bertz CT molecular complexity index is 397. The molecule has 1 fully saturated rings. The Morgan fingerprint density at radius 2 is 1.88 bits per heavy atom. The molecule has 0 aromatic heterocycles. The van der Waals surface area contributed by atoms with E-state index in [0.29, 0.717) is 24.7 Å². The van der Waals surface area contributed by atoms with Gasteiger partial charge >= 0.3 is 6.18 Å². The summed E-state index contributed by atoms with van der Waals surface area (Å²) >= 11 is 0. The van der Waals surface area contributed by atoms with Gasteiger partial charge in [0.05, 0.1) is 5.56 Å². The Balaban J connectivity index is 2.31. The molecule has 0 unspecified atom stereocenters. The summed E-state index contributed by atoms with van der Waals surface area (Å²) in [4.78, 5) is 0. The lowest BCUT2D eigenvalue weighted by molar-refractivity contribution is -0.137. The van der Waals surface area contributed by atoms with Gasteiger partial charge in [-0.1, -0.05) is 0 Å². The van der Waals surface area contributed by atoms with E-state index in [2.05, 4.69) is 10.6 Å². The van der Waals surface area contributed by atoms with E-state index in [4.69, 9.17) is 0 Å². The summed E-state index contributed by atoms with van der Waals surface area (Å²) in [5.74, 6) is -0.859. The number of piperazine rings is 1. The molecule has 1 aliphatic rings. The summed E-state index contributed by atoms with van der Waals surface area (Å²) in [7, 11) is 0. The number of hydrogen-bond donors (Lipinski definition) is 2. The fraction of sp³-hybridized carbons (Fsp3) is 0.455. The zero-order chi connectivity index (χ0) is 12.5. The van der Waals surface area contributed by atoms with Crippen molar-refractivity contribution in [2.45, 2.75) is 12.2 Å². The second kappa shape index (κ2) is 4.62. The topological polar surface area (TPSA) is 24.1 Å². The molecule has 94 valence electrons. The van der Waals surface area contributed by atoms with Gasteiger partial charge in [0.1, 0.15) is 5.82 Å². The highest BCUT2D eigenvalue weighted by Gasteiger charge is 2.32.